The molecule has 0 unspecified atom stereocenters. The van der Waals surface area contributed by atoms with Crippen molar-refractivity contribution in [3.8, 4) is 5.75 Å². The maximum absolute atomic E-state index is 5.78. The first-order chi connectivity index (χ1) is 8.63. The fourth-order valence-corrected chi connectivity index (χ4v) is 2.04. The van der Waals surface area contributed by atoms with Gasteiger partial charge in [-0.15, -0.1) is 0 Å². The van der Waals surface area contributed by atoms with Crippen molar-refractivity contribution in [2.24, 2.45) is 5.73 Å². The van der Waals surface area contributed by atoms with Crippen molar-refractivity contribution in [2.45, 2.75) is 24.9 Å². The molecule has 100 valence electrons. The van der Waals surface area contributed by atoms with Crippen molar-refractivity contribution in [1.82, 2.24) is 4.90 Å². The van der Waals surface area contributed by atoms with Gasteiger partial charge in [-0.25, -0.2) is 0 Å². The van der Waals surface area contributed by atoms with E-state index >= 15 is 0 Å². The lowest BCUT2D eigenvalue weighted by atomic mass is 9.87. The zero-order valence-corrected chi connectivity index (χ0v) is 11.2. The van der Waals surface area contributed by atoms with Gasteiger partial charge in [0.05, 0.1) is 0 Å². The van der Waals surface area contributed by atoms with Gasteiger partial charge in [-0.3, -0.25) is 0 Å². The molecule has 0 amide bonds. The minimum absolute atomic E-state index is 0.377. The topological polar surface area (TPSA) is 50.5 Å². The van der Waals surface area contributed by atoms with Crippen LogP contribution in [0, 0.1) is 0 Å². The zero-order valence-electron chi connectivity index (χ0n) is 11.2. The van der Waals surface area contributed by atoms with Crippen molar-refractivity contribution in [1.29, 1.82) is 0 Å². The van der Waals surface area contributed by atoms with Crippen LogP contribution in [0.4, 0.5) is 5.69 Å². The molecule has 0 aromatic heterocycles. The first-order valence-electron chi connectivity index (χ1n) is 6.53. The minimum Gasteiger partial charge on any atom is -0.492 e. The number of nitrogens with two attached hydrogens (primary N) is 1. The van der Waals surface area contributed by atoms with E-state index in [4.69, 9.17) is 10.5 Å². The highest BCUT2D eigenvalue weighted by Crippen LogP contribution is 2.24. The molecule has 2 rings (SSSR count). The molecule has 0 heterocycles. The normalized spacial score (nSPS) is 22.7. The molecule has 18 heavy (non-hydrogen) atoms. The highest BCUT2D eigenvalue weighted by Gasteiger charge is 2.25. The number of hydrogen-bond donors (Lipinski definition) is 2. The van der Waals surface area contributed by atoms with Crippen LogP contribution >= 0.6 is 0 Å². The first-order valence-corrected chi connectivity index (χ1v) is 6.53. The Morgan fingerprint density at radius 3 is 2.83 bits per heavy atom. The van der Waals surface area contributed by atoms with Gasteiger partial charge in [-0.2, -0.15) is 0 Å². The molecule has 1 aliphatic carbocycles. The predicted octanol–water partition coefficient (Wildman–Crippen LogP) is 1.53. The molecule has 1 aromatic carbocycles. The van der Waals surface area contributed by atoms with Crippen LogP contribution in [0.2, 0.25) is 0 Å². The van der Waals surface area contributed by atoms with E-state index in [1.165, 1.54) is 0 Å². The average molecular weight is 249 g/mol. The Labute approximate surface area is 109 Å². The molecule has 1 fully saturated rings. The summed E-state index contributed by atoms with van der Waals surface area (Å²) in [6.07, 6.45) is 2.12. The van der Waals surface area contributed by atoms with Crippen LogP contribution in [0.1, 0.15) is 12.8 Å². The lowest BCUT2D eigenvalue weighted by molar-refractivity contribution is 0.261. The quantitative estimate of drug-likeness (QED) is 0.803. The lowest BCUT2D eigenvalue weighted by Crippen LogP contribution is -2.44. The fraction of sp³-hybridized carbons (Fsp3) is 0.571. The first kappa shape index (κ1) is 13.2. The summed E-state index contributed by atoms with van der Waals surface area (Å²) in [4.78, 5) is 2.11. The van der Waals surface area contributed by atoms with E-state index in [1.807, 2.05) is 26.2 Å². The van der Waals surface area contributed by atoms with Gasteiger partial charge in [0, 0.05) is 30.4 Å². The standard InChI is InChI=1S/C14H23N3O/c1-17(2)6-7-18-14-5-3-4-12(10-14)16-13-8-11(15)9-13/h3-5,10-11,13,16H,6-9,15H2,1-2H3. The molecule has 0 atom stereocenters. The number of likely N-dealkylation sites (N-methyl/N-ethyl adjacent to an activating group) is 1. The van der Waals surface area contributed by atoms with E-state index in [0.717, 1.165) is 30.8 Å². The van der Waals surface area contributed by atoms with Crippen molar-refractivity contribution in [3.63, 3.8) is 0 Å². The number of benzene rings is 1. The van der Waals surface area contributed by atoms with Gasteiger partial charge in [0.15, 0.2) is 0 Å². The van der Waals surface area contributed by atoms with Crippen LogP contribution < -0.4 is 15.8 Å². The second-order valence-electron chi connectivity index (χ2n) is 5.25. The van der Waals surface area contributed by atoms with Crippen LogP contribution in [0.5, 0.6) is 5.75 Å². The Bertz CT molecular complexity index is 375. The van der Waals surface area contributed by atoms with Gasteiger partial charge >= 0.3 is 0 Å². The highest BCUT2D eigenvalue weighted by molar-refractivity contribution is 5.49. The average Bonchev–Trinajstić information content (AvgIpc) is 2.27. The molecule has 1 aromatic rings. The van der Waals surface area contributed by atoms with Crippen LogP contribution in [0.25, 0.3) is 0 Å². The molecular weight excluding hydrogens is 226 g/mol. The van der Waals surface area contributed by atoms with Crippen LogP contribution in [-0.4, -0.2) is 44.2 Å². The number of ether oxygens (including phenoxy) is 1. The zero-order chi connectivity index (χ0) is 13.0. The van der Waals surface area contributed by atoms with Crippen molar-refractivity contribution >= 4 is 5.69 Å². The summed E-state index contributed by atoms with van der Waals surface area (Å²) in [5.41, 5.74) is 6.90. The minimum atomic E-state index is 0.377. The van der Waals surface area contributed by atoms with Gasteiger partial charge in [0.2, 0.25) is 0 Å². The Kier molecular flexibility index (Phi) is 4.44. The van der Waals surface area contributed by atoms with Crippen LogP contribution in [0.3, 0.4) is 0 Å². The van der Waals surface area contributed by atoms with E-state index < -0.39 is 0 Å². The van der Waals surface area contributed by atoms with Gasteiger partial charge in [-0.1, -0.05) is 6.07 Å². The Morgan fingerprint density at radius 2 is 2.17 bits per heavy atom. The molecule has 1 saturated carbocycles. The SMILES string of the molecule is CN(C)CCOc1cccc(NC2CC(N)C2)c1. The summed E-state index contributed by atoms with van der Waals surface area (Å²) in [5, 5.41) is 3.48. The van der Waals surface area contributed by atoms with Crippen LogP contribution in [-0.2, 0) is 0 Å². The molecular formula is C14H23N3O. The van der Waals surface area contributed by atoms with E-state index in [9.17, 15) is 0 Å². The molecule has 4 heteroatoms. The lowest BCUT2D eigenvalue weighted by Gasteiger charge is -2.33. The maximum Gasteiger partial charge on any atom is 0.121 e. The Balaban J connectivity index is 1.81. The second-order valence-corrected chi connectivity index (χ2v) is 5.25. The smallest absolute Gasteiger partial charge is 0.121 e. The van der Waals surface area contributed by atoms with Gasteiger partial charge < -0.3 is 20.7 Å². The van der Waals surface area contributed by atoms with Crippen LogP contribution in [0.15, 0.2) is 24.3 Å². The number of nitrogens with zero attached hydrogens (tertiary/aromatic N) is 1. The number of hydrogen-bond acceptors (Lipinski definition) is 4. The number of nitrogens with one attached hydrogen (secondary N) is 1. The van der Waals surface area contributed by atoms with Crippen molar-refractivity contribution < 1.29 is 4.74 Å². The van der Waals surface area contributed by atoms with Crippen molar-refractivity contribution in [2.75, 3.05) is 32.6 Å². The van der Waals surface area contributed by atoms with Gasteiger partial charge in [0.25, 0.3) is 0 Å². The molecule has 0 spiro atoms. The molecule has 1 aliphatic rings. The van der Waals surface area contributed by atoms with Crippen molar-refractivity contribution in [3.05, 3.63) is 24.3 Å². The third-order valence-corrected chi connectivity index (χ3v) is 3.19. The maximum atomic E-state index is 5.78. The molecule has 0 bridgehead atoms. The highest BCUT2D eigenvalue weighted by atomic mass is 16.5. The molecule has 0 radical (unpaired) electrons. The third-order valence-electron chi connectivity index (χ3n) is 3.19. The summed E-state index contributed by atoms with van der Waals surface area (Å²) < 4.78 is 5.71. The summed E-state index contributed by atoms with van der Waals surface area (Å²) in [6.45, 7) is 1.64. The molecule has 0 aliphatic heterocycles. The third kappa shape index (κ3) is 3.89. The summed E-state index contributed by atoms with van der Waals surface area (Å²) in [6, 6.07) is 9.04. The second kappa shape index (κ2) is 6.07. The van der Waals surface area contributed by atoms with E-state index in [-0.39, 0.29) is 0 Å². The van der Waals surface area contributed by atoms with E-state index in [1.54, 1.807) is 0 Å². The van der Waals surface area contributed by atoms with Gasteiger partial charge in [0.1, 0.15) is 12.4 Å². The van der Waals surface area contributed by atoms with E-state index in [2.05, 4.69) is 22.3 Å². The molecule has 0 saturated heterocycles. The Morgan fingerprint density at radius 1 is 1.39 bits per heavy atom. The summed E-state index contributed by atoms with van der Waals surface area (Å²) >= 11 is 0. The fourth-order valence-electron chi connectivity index (χ4n) is 2.04. The summed E-state index contributed by atoms with van der Waals surface area (Å²) in [5.74, 6) is 0.922. The monoisotopic (exact) mass is 249 g/mol. The van der Waals surface area contributed by atoms with Gasteiger partial charge in [-0.05, 0) is 39.1 Å². The number of rotatable bonds is 6. The molecule has 3 N–H and O–H groups in total. The Hall–Kier alpha value is -1.26. The number of anilines is 1. The molecule has 4 nitrogen and oxygen atoms in total. The summed E-state index contributed by atoms with van der Waals surface area (Å²) in [7, 11) is 4.09. The largest absolute Gasteiger partial charge is 0.492 e. The predicted molar refractivity (Wildman–Crippen MR) is 75.1 cm³/mol. The van der Waals surface area contributed by atoms with E-state index in [0.29, 0.717) is 18.7 Å².